The predicted octanol–water partition coefficient (Wildman–Crippen LogP) is 2.15. The van der Waals surface area contributed by atoms with Crippen LogP contribution in [0.3, 0.4) is 0 Å². The van der Waals surface area contributed by atoms with E-state index in [2.05, 4.69) is 15.4 Å². The van der Waals surface area contributed by atoms with Gasteiger partial charge in [0.25, 0.3) is 5.91 Å². The number of hydrogen-bond donors (Lipinski definition) is 1. The third kappa shape index (κ3) is 2.78. The highest BCUT2D eigenvalue weighted by Crippen LogP contribution is 2.26. The molecule has 1 amide bonds. The number of aromatic nitrogens is 3. The van der Waals surface area contributed by atoms with Gasteiger partial charge in [-0.25, -0.2) is 0 Å². The maximum absolute atomic E-state index is 12.6. The zero-order valence-corrected chi connectivity index (χ0v) is 13.1. The van der Waals surface area contributed by atoms with E-state index in [1.54, 1.807) is 4.52 Å². The lowest BCUT2D eigenvalue weighted by molar-refractivity contribution is 0.0639. The number of nitrogens with one attached hydrogen (secondary N) is 1. The summed E-state index contributed by atoms with van der Waals surface area (Å²) in [5.41, 5.74) is 1.48. The Morgan fingerprint density at radius 2 is 2.04 bits per heavy atom. The molecule has 0 spiro atoms. The maximum Gasteiger partial charge on any atom is 0.325 e. The highest BCUT2D eigenvalue weighted by molar-refractivity contribution is 5.97. The van der Waals surface area contributed by atoms with Gasteiger partial charge in [0, 0.05) is 25.3 Å². The Hall–Kier alpha value is -2.67. The van der Waals surface area contributed by atoms with E-state index in [9.17, 15) is 4.79 Å². The van der Waals surface area contributed by atoms with Gasteiger partial charge >= 0.3 is 5.84 Å². The molecule has 2 aromatic heterocycles. The van der Waals surface area contributed by atoms with Crippen LogP contribution in [0.25, 0.3) is 17.1 Å². The van der Waals surface area contributed by atoms with Crippen molar-refractivity contribution in [2.45, 2.75) is 12.8 Å². The Morgan fingerprint density at radius 3 is 2.83 bits per heavy atom. The third-order valence-corrected chi connectivity index (χ3v) is 4.28. The van der Waals surface area contributed by atoms with Crippen LogP contribution in [0.15, 0.2) is 41.1 Å². The SMILES string of the molecule is O=C(NCC1CCOCC1)c1oc2ncnn2c1-c1ccccc1. The Kier molecular flexibility index (Phi) is 4.00. The number of amides is 1. The Bertz CT molecular complexity index is 834. The Labute approximate surface area is 138 Å². The molecule has 24 heavy (non-hydrogen) atoms. The van der Waals surface area contributed by atoms with Crippen LogP contribution in [-0.4, -0.2) is 40.3 Å². The fraction of sp³-hybridized carbons (Fsp3) is 0.353. The second-order valence-corrected chi connectivity index (χ2v) is 5.87. The normalized spacial score (nSPS) is 15.7. The molecule has 7 heteroatoms. The lowest BCUT2D eigenvalue weighted by atomic mass is 10.0. The van der Waals surface area contributed by atoms with Crippen molar-refractivity contribution in [1.29, 1.82) is 0 Å². The van der Waals surface area contributed by atoms with Crippen molar-refractivity contribution in [3.63, 3.8) is 0 Å². The lowest BCUT2D eigenvalue weighted by Gasteiger charge is -2.21. The zero-order chi connectivity index (χ0) is 16.4. The van der Waals surface area contributed by atoms with E-state index in [1.165, 1.54) is 6.33 Å². The molecular formula is C17H18N4O3. The molecule has 1 N–H and O–H groups in total. The number of hydrogen-bond acceptors (Lipinski definition) is 5. The largest absolute Gasteiger partial charge is 0.416 e. The molecule has 1 aromatic carbocycles. The van der Waals surface area contributed by atoms with Crippen LogP contribution in [0.4, 0.5) is 0 Å². The molecule has 1 fully saturated rings. The molecule has 0 bridgehead atoms. The molecule has 0 radical (unpaired) electrons. The minimum Gasteiger partial charge on any atom is -0.416 e. The van der Waals surface area contributed by atoms with Gasteiger partial charge in [-0.1, -0.05) is 30.3 Å². The highest BCUT2D eigenvalue weighted by atomic mass is 16.5. The van der Waals surface area contributed by atoms with Crippen LogP contribution in [0.2, 0.25) is 0 Å². The third-order valence-electron chi connectivity index (χ3n) is 4.28. The average Bonchev–Trinajstić information content (AvgIpc) is 3.22. The van der Waals surface area contributed by atoms with Gasteiger partial charge in [0.15, 0.2) is 0 Å². The molecule has 0 unspecified atom stereocenters. The number of oxazole rings is 1. The first-order valence-electron chi connectivity index (χ1n) is 8.07. The first-order chi connectivity index (χ1) is 11.8. The topological polar surface area (TPSA) is 81.7 Å². The summed E-state index contributed by atoms with van der Waals surface area (Å²) in [6, 6.07) is 9.58. The quantitative estimate of drug-likeness (QED) is 0.794. The first-order valence-corrected chi connectivity index (χ1v) is 8.07. The van der Waals surface area contributed by atoms with Gasteiger partial charge in [-0.15, -0.1) is 0 Å². The molecule has 124 valence electrons. The Morgan fingerprint density at radius 1 is 1.25 bits per heavy atom. The van der Waals surface area contributed by atoms with Gasteiger partial charge in [-0.3, -0.25) is 4.79 Å². The highest BCUT2D eigenvalue weighted by Gasteiger charge is 2.24. The molecule has 1 aliphatic heterocycles. The van der Waals surface area contributed by atoms with Crippen LogP contribution in [0.5, 0.6) is 0 Å². The lowest BCUT2D eigenvalue weighted by Crippen LogP contribution is -2.32. The van der Waals surface area contributed by atoms with Gasteiger partial charge in [-0.05, 0) is 18.8 Å². The van der Waals surface area contributed by atoms with Crippen LogP contribution >= 0.6 is 0 Å². The molecule has 3 heterocycles. The molecule has 1 saturated heterocycles. The van der Waals surface area contributed by atoms with E-state index in [4.69, 9.17) is 9.15 Å². The van der Waals surface area contributed by atoms with E-state index >= 15 is 0 Å². The number of ether oxygens (including phenoxy) is 1. The van der Waals surface area contributed by atoms with Crippen molar-refractivity contribution >= 4 is 11.8 Å². The van der Waals surface area contributed by atoms with Gasteiger partial charge in [0.05, 0.1) is 0 Å². The average molecular weight is 326 g/mol. The summed E-state index contributed by atoms with van der Waals surface area (Å²) in [6.45, 7) is 2.13. The monoisotopic (exact) mass is 326 g/mol. The van der Waals surface area contributed by atoms with Crippen LogP contribution in [-0.2, 0) is 4.74 Å². The van der Waals surface area contributed by atoms with E-state index in [0.717, 1.165) is 31.6 Å². The number of fused-ring (bicyclic) bond motifs is 1. The minimum atomic E-state index is -0.243. The summed E-state index contributed by atoms with van der Waals surface area (Å²) in [6.07, 6.45) is 3.35. The van der Waals surface area contributed by atoms with Crippen molar-refractivity contribution in [2.24, 2.45) is 5.92 Å². The summed E-state index contributed by atoms with van der Waals surface area (Å²) in [7, 11) is 0. The molecule has 0 atom stereocenters. The standard InChI is InChI=1S/C17H18N4O3/c22-16(18-10-12-6-8-23-9-7-12)15-14(13-4-2-1-3-5-13)21-17(24-15)19-11-20-21/h1-5,11-12H,6-10H2,(H,18,22). The number of benzene rings is 1. The smallest absolute Gasteiger partial charge is 0.325 e. The van der Waals surface area contributed by atoms with Crippen LogP contribution in [0.1, 0.15) is 23.4 Å². The maximum atomic E-state index is 12.6. The summed E-state index contributed by atoms with van der Waals surface area (Å²) in [5.74, 6) is 0.751. The minimum absolute atomic E-state index is 0.240. The molecule has 0 aliphatic carbocycles. The van der Waals surface area contributed by atoms with Gasteiger partial charge in [-0.2, -0.15) is 14.6 Å². The van der Waals surface area contributed by atoms with Crippen molar-refractivity contribution in [3.8, 4) is 11.3 Å². The fourth-order valence-corrected chi connectivity index (χ4v) is 2.96. The van der Waals surface area contributed by atoms with Crippen molar-refractivity contribution in [2.75, 3.05) is 19.8 Å². The first kappa shape index (κ1) is 14.9. The number of carbonyl (C=O) groups excluding carboxylic acids is 1. The van der Waals surface area contributed by atoms with Crippen molar-refractivity contribution in [1.82, 2.24) is 19.9 Å². The van der Waals surface area contributed by atoms with Crippen LogP contribution in [0, 0.1) is 5.92 Å². The molecule has 3 aromatic rings. The zero-order valence-electron chi connectivity index (χ0n) is 13.1. The van der Waals surface area contributed by atoms with Gasteiger partial charge < -0.3 is 14.5 Å². The van der Waals surface area contributed by atoms with Crippen molar-refractivity contribution < 1.29 is 13.9 Å². The van der Waals surface area contributed by atoms with Gasteiger partial charge in [0.2, 0.25) is 5.76 Å². The van der Waals surface area contributed by atoms with E-state index in [0.29, 0.717) is 24.0 Å². The summed E-state index contributed by atoms with van der Waals surface area (Å²) in [5, 5.41) is 7.14. The molecule has 1 aliphatic rings. The number of rotatable bonds is 4. The predicted molar refractivity (Wildman–Crippen MR) is 86.6 cm³/mol. The summed E-state index contributed by atoms with van der Waals surface area (Å²) >= 11 is 0. The van der Waals surface area contributed by atoms with Crippen LogP contribution < -0.4 is 5.32 Å². The van der Waals surface area contributed by atoms with Crippen molar-refractivity contribution in [3.05, 3.63) is 42.4 Å². The summed E-state index contributed by atoms with van der Waals surface area (Å²) < 4.78 is 12.5. The van der Waals surface area contributed by atoms with E-state index in [-0.39, 0.29) is 11.7 Å². The number of carbonyl (C=O) groups is 1. The molecule has 0 saturated carbocycles. The van der Waals surface area contributed by atoms with Gasteiger partial charge in [0.1, 0.15) is 12.0 Å². The second kappa shape index (κ2) is 6.45. The molecular weight excluding hydrogens is 308 g/mol. The number of nitrogens with zero attached hydrogens (tertiary/aromatic N) is 3. The second-order valence-electron chi connectivity index (χ2n) is 5.87. The molecule has 7 nitrogen and oxygen atoms in total. The Balaban J connectivity index is 1.61. The summed E-state index contributed by atoms with van der Waals surface area (Å²) in [4.78, 5) is 16.7. The fourth-order valence-electron chi connectivity index (χ4n) is 2.96. The molecule has 4 rings (SSSR count). The van der Waals surface area contributed by atoms with E-state index < -0.39 is 0 Å². The van der Waals surface area contributed by atoms with E-state index in [1.807, 2.05) is 30.3 Å².